The Morgan fingerprint density at radius 1 is 1.09 bits per heavy atom. The number of aryl methyl sites for hydroxylation is 1. The van der Waals surface area contributed by atoms with Crippen molar-refractivity contribution in [3.8, 4) is 0 Å². The van der Waals surface area contributed by atoms with E-state index in [-0.39, 0.29) is 5.69 Å². The Hall–Kier alpha value is -4.53. The lowest BCUT2D eigenvalue weighted by molar-refractivity contribution is -0.136. The standard InChI is InChI=1S/C25H20N4O5/c1-15-8-10-16(11-9-15)19-13-20(21-7-4-12-33-21)29(28-19)22(30)14-34-25(32)23-17-5-2-3-6-18(17)24(31)27-26-23/h2-12,20H,13-14H2,1H3,(H,27,31). The van der Waals surface area contributed by atoms with Crippen LogP contribution in [0, 0.1) is 6.92 Å². The van der Waals surface area contributed by atoms with E-state index < -0.39 is 30.1 Å². The Morgan fingerprint density at radius 2 is 1.85 bits per heavy atom. The fourth-order valence-corrected chi connectivity index (χ4v) is 3.90. The van der Waals surface area contributed by atoms with Gasteiger partial charge in [-0.15, -0.1) is 0 Å². The van der Waals surface area contributed by atoms with Gasteiger partial charge in [-0.25, -0.2) is 14.9 Å². The first-order valence-electron chi connectivity index (χ1n) is 10.7. The van der Waals surface area contributed by atoms with Crippen molar-refractivity contribution in [3.05, 3.63) is 99.9 Å². The molecule has 9 nitrogen and oxygen atoms in total. The molecule has 2 aromatic heterocycles. The predicted octanol–water partition coefficient (Wildman–Crippen LogP) is 3.36. The molecular weight excluding hydrogens is 436 g/mol. The number of hydrogen-bond acceptors (Lipinski definition) is 7. The number of esters is 1. The van der Waals surface area contributed by atoms with Crippen molar-refractivity contribution in [2.45, 2.75) is 19.4 Å². The minimum absolute atomic E-state index is 0.0733. The van der Waals surface area contributed by atoms with Crippen molar-refractivity contribution >= 4 is 28.4 Å². The number of aromatic nitrogens is 2. The van der Waals surface area contributed by atoms with Crippen LogP contribution in [-0.2, 0) is 9.53 Å². The van der Waals surface area contributed by atoms with E-state index in [1.165, 1.54) is 11.3 Å². The lowest BCUT2D eigenvalue weighted by Gasteiger charge is -2.19. The van der Waals surface area contributed by atoms with Crippen LogP contribution >= 0.6 is 0 Å². The molecule has 1 aliphatic heterocycles. The number of aromatic amines is 1. The van der Waals surface area contributed by atoms with Gasteiger partial charge < -0.3 is 9.15 Å². The van der Waals surface area contributed by atoms with Crippen molar-refractivity contribution in [3.63, 3.8) is 0 Å². The molecule has 0 fully saturated rings. The predicted molar refractivity (Wildman–Crippen MR) is 123 cm³/mol. The molecule has 1 atom stereocenters. The molecule has 9 heteroatoms. The van der Waals surface area contributed by atoms with E-state index in [1.54, 1.807) is 36.4 Å². The molecule has 5 rings (SSSR count). The maximum absolute atomic E-state index is 13.1. The normalized spacial score (nSPS) is 15.4. The van der Waals surface area contributed by atoms with E-state index in [1.807, 2.05) is 31.2 Å². The number of hydrogen-bond donors (Lipinski definition) is 1. The third kappa shape index (κ3) is 3.99. The second kappa shape index (κ2) is 8.78. The minimum Gasteiger partial charge on any atom is -0.467 e. The summed E-state index contributed by atoms with van der Waals surface area (Å²) in [5, 5.41) is 12.6. The van der Waals surface area contributed by atoms with E-state index in [2.05, 4.69) is 15.3 Å². The molecule has 170 valence electrons. The molecule has 1 unspecified atom stereocenters. The second-order valence-corrected chi connectivity index (χ2v) is 7.91. The molecule has 0 bridgehead atoms. The van der Waals surface area contributed by atoms with Gasteiger partial charge in [0.05, 0.1) is 17.4 Å². The first kappa shape index (κ1) is 21.3. The summed E-state index contributed by atoms with van der Waals surface area (Å²) in [5.74, 6) is -0.748. The number of nitrogens with one attached hydrogen (secondary N) is 1. The average Bonchev–Trinajstić information content (AvgIpc) is 3.53. The monoisotopic (exact) mass is 456 g/mol. The Bertz CT molecular complexity index is 1450. The smallest absolute Gasteiger partial charge is 0.359 e. The zero-order valence-corrected chi connectivity index (χ0v) is 18.2. The molecule has 1 amide bonds. The largest absolute Gasteiger partial charge is 0.467 e. The quantitative estimate of drug-likeness (QED) is 0.460. The second-order valence-electron chi connectivity index (χ2n) is 7.91. The van der Waals surface area contributed by atoms with Gasteiger partial charge in [0.15, 0.2) is 12.3 Å². The number of carbonyl (C=O) groups is 2. The number of ether oxygens (including phenoxy) is 1. The topological polar surface area (TPSA) is 118 Å². The summed E-state index contributed by atoms with van der Waals surface area (Å²) >= 11 is 0. The van der Waals surface area contributed by atoms with Gasteiger partial charge in [-0.2, -0.15) is 10.2 Å². The Morgan fingerprint density at radius 3 is 2.59 bits per heavy atom. The van der Waals surface area contributed by atoms with Gasteiger partial charge in [0.25, 0.3) is 11.5 Å². The van der Waals surface area contributed by atoms with Crippen molar-refractivity contribution in [1.29, 1.82) is 0 Å². The number of nitrogens with zero attached hydrogens (tertiary/aromatic N) is 3. The average molecular weight is 456 g/mol. The summed E-state index contributed by atoms with van der Waals surface area (Å²) in [7, 11) is 0. The summed E-state index contributed by atoms with van der Waals surface area (Å²) < 4.78 is 10.8. The molecule has 2 aromatic carbocycles. The molecule has 1 N–H and O–H groups in total. The summed E-state index contributed by atoms with van der Waals surface area (Å²) in [5.41, 5.74) is 2.26. The Kier molecular flexibility index (Phi) is 5.51. The van der Waals surface area contributed by atoms with E-state index >= 15 is 0 Å². The molecule has 0 aliphatic carbocycles. The van der Waals surface area contributed by atoms with Gasteiger partial charge in [0.1, 0.15) is 11.8 Å². The van der Waals surface area contributed by atoms with Gasteiger partial charge in [-0.1, -0.05) is 48.0 Å². The number of carbonyl (C=O) groups excluding carboxylic acids is 2. The van der Waals surface area contributed by atoms with Crippen molar-refractivity contribution < 1.29 is 18.7 Å². The van der Waals surface area contributed by atoms with Crippen LogP contribution in [0.3, 0.4) is 0 Å². The van der Waals surface area contributed by atoms with Crippen molar-refractivity contribution in [1.82, 2.24) is 15.2 Å². The van der Waals surface area contributed by atoms with Gasteiger partial charge in [0.2, 0.25) is 0 Å². The zero-order valence-electron chi connectivity index (χ0n) is 18.2. The number of rotatable bonds is 5. The number of amides is 1. The van der Waals surface area contributed by atoms with E-state index in [4.69, 9.17) is 9.15 Å². The molecule has 4 aromatic rings. The third-order valence-corrected chi connectivity index (χ3v) is 5.64. The zero-order chi connectivity index (χ0) is 23.7. The highest BCUT2D eigenvalue weighted by molar-refractivity contribution is 6.04. The molecule has 0 spiro atoms. The van der Waals surface area contributed by atoms with Crippen LogP contribution in [0.15, 0.2) is 81.2 Å². The maximum atomic E-state index is 13.1. The van der Waals surface area contributed by atoms with Crippen LogP contribution in [0.5, 0.6) is 0 Å². The summed E-state index contributed by atoms with van der Waals surface area (Å²) in [6, 6.07) is 17.5. The fourth-order valence-electron chi connectivity index (χ4n) is 3.90. The van der Waals surface area contributed by atoms with E-state index in [0.29, 0.717) is 23.0 Å². The molecule has 0 saturated carbocycles. The number of furan rings is 1. The SMILES string of the molecule is Cc1ccc(C2=NN(C(=O)COC(=O)c3n[nH]c(=O)c4ccccc34)C(c3ccco3)C2)cc1. The lowest BCUT2D eigenvalue weighted by Crippen LogP contribution is -2.31. The van der Waals surface area contributed by atoms with E-state index in [0.717, 1.165) is 16.8 Å². The summed E-state index contributed by atoms with van der Waals surface area (Å²) in [4.78, 5) is 37.7. The van der Waals surface area contributed by atoms with Gasteiger partial charge in [0, 0.05) is 11.8 Å². The van der Waals surface area contributed by atoms with Gasteiger partial charge in [-0.05, 0) is 30.7 Å². The highest BCUT2D eigenvalue weighted by atomic mass is 16.5. The first-order chi connectivity index (χ1) is 16.5. The molecule has 1 aliphatic rings. The maximum Gasteiger partial charge on any atom is 0.359 e. The summed E-state index contributed by atoms with van der Waals surface area (Å²) in [6.07, 6.45) is 2.00. The number of H-pyrrole nitrogens is 1. The Labute approximate surface area is 193 Å². The molecule has 0 radical (unpaired) electrons. The van der Waals surface area contributed by atoms with Crippen LogP contribution < -0.4 is 5.56 Å². The number of benzene rings is 2. The Balaban J connectivity index is 1.37. The van der Waals surface area contributed by atoms with Crippen LogP contribution in [0.25, 0.3) is 10.8 Å². The number of hydrazone groups is 1. The van der Waals surface area contributed by atoms with Gasteiger partial charge >= 0.3 is 5.97 Å². The molecular formula is C25H20N4O5. The fraction of sp³-hybridized carbons (Fsp3) is 0.160. The molecule has 34 heavy (non-hydrogen) atoms. The highest BCUT2D eigenvalue weighted by Gasteiger charge is 2.35. The molecule has 3 heterocycles. The highest BCUT2D eigenvalue weighted by Crippen LogP contribution is 2.33. The minimum atomic E-state index is -0.822. The van der Waals surface area contributed by atoms with Crippen LogP contribution in [0.4, 0.5) is 0 Å². The first-order valence-corrected chi connectivity index (χ1v) is 10.7. The van der Waals surface area contributed by atoms with Crippen molar-refractivity contribution in [2.75, 3.05) is 6.61 Å². The van der Waals surface area contributed by atoms with Crippen LogP contribution in [-0.4, -0.2) is 39.4 Å². The summed E-state index contributed by atoms with van der Waals surface area (Å²) in [6.45, 7) is 1.45. The van der Waals surface area contributed by atoms with Crippen molar-refractivity contribution in [2.24, 2.45) is 5.10 Å². The molecule has 0 saturated heterocycles. The third-order valence-electron chi connectivity index (χ3n) is 5.64. The number of fused-ring (bicyclic) bond motifs is 1. The van der Waals surface area contributed by atoms with E-state index in [9.17, 15) is 14.4 Å². The van der Waals surface area contributed by atoms with Gasteiger partial charge in [-0.3, -0.25) is 9.59 Å². The lowest BCUT2D eigenvalue weighted by atomic mass is 10.0. The van der Waals surface area contributed by atoms with Crippen LogP contribution in [0.2, 0.25) is 0 Å². The van der Waals surface area contributed by atoms with Crippen LogP contribution in [0.1, 0.15) is 39.8 Å².